The van der Waals surface area contributed by atoms with Crippen LogP contribution in [0.2, 0.25) is 0 Å². The van der Waals surface area contributed by atoms with Crippen molar-refractivity contribution < 1.29 is 9.59 Å². The van der Waals surface area contributed by atoms with Crippen LogP contribution in [0.25, 0.3) is 0 Å². The van der Waals surface area contributed by atoms with E-state index in [1.807, 2.05) is 6.07 Å². The van der Waals surface area contributed by atoms with Crippen LogP contribution >= 0.6 is 31.9 Å². The SMILES string of the molecule is O=C1C(=O)N(CCCBr)c2cc(Br)ccc21. The number of carbonyl (C=O) groups is 2. The van der Waals surface area contributed by atoms with Crippen LogP contribution in [0.1, 0.15) is 16.8 Å². The summed E-state index contributed by atoms with van der Waals surface area (Å²) in [5.41, 5.74) is 1.22. The van der Waals surface area contributed by atoms with Gasteiger partial charge in [-0.1, -0.05) is 31.9 Å². The molecule has 1 heterocycles. The first kappa shape index (κ1) is 11.8. The molecule has 0 unspecified atom stereocenters. The highest BCUT2D eigenvalue weighted by molar-refractivity contribution is 9.10. The normalized spacial score (nSPS) is 14.5. The Kier molecular flexibility index (Phi) is 3.44. The fraction of sp³-hybridized carbons (Fsp3) is 0.273. The van der Waals surface area contributed by atoms with E-state index in [0.717, 1.165) is 16.2 Å². The van der Waals surface area contributed by atoms with Crippen molar-refractivity contribution in [2.45, 2.75) is 6.42 Å². The fourth-order valence-corrected chi connectivity index (χ4v) is 2.31. The molecular weight excluding hydrogens is 338 g/mol. The van der Waals surface area contributed by atoms with Crippen LogP contribution in [0.15, 0.2) is 22.7 Å². The van der Waals surface area contributed by atoms with E-state index < -0.39 is 11.7 Å². The van der Waals surface area contributed by atoms with Crippen LogP contribution in [0.5, 0.6) is 0 Å². The first-order valence-corrected chi connectivity index (χ1v) is 6.78. The number of hydrogen-bond acceptors (Lipinski definition) is 2. The molecule has 0 saturated carbocycles. The van der Waals surface area contributed by atoms with Gasteiger partial charge in [0.1, 0.15) is 0 Å². The topological polar surface area (TPSA) is 37.4 Å². The highest BCUT2D eigenvalue weighted by Gasteiger charge is 2.35. The van der Waals surface area contributed by atoms with Gasteiger partial charge < -0.3 is 4.90 Å². The van der Waals surface area contributed by atoms with E-state index in [-0.39, 0.29) is 0 Å². The summed E-state index contributed by atoms with van der Waals surface area (Å²) in [5, 5.41) is 0.814. The van der Waals surface area contributed by atoms with Gasteiger partial charge in [-0.3, -0.25) is 9.59 Å². The van der Waals surface area contributed by atoms with Crippen molar-refractivity contribution in [2.24, 2.45) is 0 Å². The van der Waals surface area contributed by atoms with Crippen LogP contribution in [0.4, 0.5) is 5.69 Å². The first-order valence-electron chi connectivity index (χ1n) is 4.87. The highest BCUT2D eigenvalue weighted by atomic mass is 79.9. The number of anilines is 1. The number of benzene rings is 1. The summed E-state index contributed by atoms with van der Waals surface area (Å²) < 4.78 is 0.873. The Morgan fingerprint density at radius 3 is 2.69 bits per heavy atom. The lowest BCUT2D eigenvalue weighted by atomic mass is 10.1. The van der Waals surface area contributed by atoms with Gasteiger partial charge in [0, 0.05) is 16.3 Å². The summed E-state index contributed by atoms with van der Waals surface area (Å²) in [6.07, 6.45) is 0.824. The molecule has 1 amide bonds. The zero-order valence-corrected chi connectivity index (χ0v) is 11.5. The number of ketones is 1. The second-order valence-electron chi connectivity index (χ2n) is 3.49. The van der Waals surface area contributed by atoms with Crippen LogP contribution in [-0.4, -0.2) is 23.6 Å². The Balaban J connectivity index is 2.39. The second kappa shape index (κ2) is 4.67. The molecule has 0 spiro atoms. The Morgan fingerprint density at radius 1 is 1.25 bits per heavy atom. The van der Waals surface area contributed by atoms with Gasteiger partial charge in [0.25, 0.3) is 11.7 Å². The number of carbonyl (C=O) groups excluding carboxylic acids is 2. The van der Waals surface area contributed by atoms with Crippen molar-refractivity contribution >= 4 is 49.2 Å². The maximum Gasteiger partial charge on any atom is 0.299 e. The number of fused-ring (bicyclic) bond motifs is 1. The van der Waals surface area contributed by atoms with Gasteiger partial charge in [-0.15, -0.1) is 0 Å². The van der Waals surface area contributed by atoms with Gasteiger partial charge in [-0.25, -0.2) is 0 Å². The highest BCUT2D eigenvalue weighted by Crippen LogP contribution is 2.31. The number of halogens is 2. The van der Waals surface area contributed by atoms with Crippen molar-refractivity contribution in [1.29, 1.82) is 0 Å². The van der Waals surface area contributed by atoms with Crippen LogP contribution in [0, 0.1) is 0 Å². The molecule has 5 heteroatoms. The molecule has 1 aliphatic heterocycles. The van der Waals surface area contributed by atoms with E-state index in [0.29, 0.717) is 17.8 Å². The predicted octanol–water partition coefficient (Wildman–Crippen LogP) is 2.76. The number of nitrogens with zero attached hydrogens (tertiary/aromatic N) is 1. The molecule has 0 aromatic heterocycles. The first-order chi connectivity index (χ1) is 7.65. The maximum absolute atomic E-state index is 11.7. The third kappa shape index (κ3) is 1.94. The van der Waals surface area contributed by atoms with E-state index in [4.69, 9.17) is 0 Å². The third-order valence-electron chi connectivity index (χ3n) is 2.45. The Bertz CT molecular complexity index is 459. The van der Waals surface area contributed by atoms with Crippen LogP contribution in [-0.2, 0) is 4.79 Å². The minimum Gasteiger partial charge on any atom is -0.305 e. The van der Waals surface area contributed by atoms with Gasteiger partial charge in [0.15, 0.2) is 0 Å². The summed E-state index contributed by atoms with van der Waals surface area (Å²) in [5.74, 6) is -0.828. The zero-order chi connectivity index (χ0) is 11.7. The quantitative estimate of drug-likeness (QED) is 0.623. The van der Waals surface area contributed by atoms with Crippen molar-refractivity contribution in [3.63, 3.8) is 0 Å². The molecule has 2 rings (SSSR count). The molecule has 16 heavy (non-hydrogen) atoms. The smallest absolute Gasteiger partial charge is 0.299 e. The maximum atomic E-state index is 11.7. The van der Waals surface area contributed by atoms with Gasteiger partial charge in [-0.05, 0) is 24.6 Å². The Hall–Kier alpha value is -0.680. The van der Waals surface area contributed by atoms with Gasteiger partial charge in [0.05, 0.1) is 11.3 Å². The van der Waals surface area contributed by atoms with E-state index in [1.54, 1.807) is 17.0 Å². The van der Waals surface area contributed by atoms with E-state index in [2.05, 4.69) is 31.9 Å². The molecule has 0 atom stereocenters. The molecule has 84 valence electrons. The minimum atomic E-state index is -0.422. The standard InChI is InChI=1S/C11H9Br2NO2/c12-4-1-5-14-9-6-7(13)2-3-8(9)10(15)11(14)16/h2-3,6H,1,4-5H2. The molecule has 0 bridgehead atoms. The molecule has 1 aromatic carbocycles. The van der Waals surface area contributed by atoms with Gasteiger partial charge in [-0.2, -0.15) is 0 Å². The molecule has 0 fully saturated rings. The summed E-state index contributed by atoms with van der Waals surface area (Å²) in [6.45, 7) is 0.569. The Labute approximate surface area is 110 Å². The van der Waals surface area contributed by atoms with Crippen molar-refractivity contribution in [3.05, 3.63) is 28.2 Å². The minimum absolute atomic E-state index is 0.405. The van der Waals surface area contributed by atoms with Crippen molar-refractivity contribution in [3.8, 4) is 0 Å². The lowest BCUT2D eigenvalue weighted by Gasteiger charge is -2.15. The predicted molar refractivity (Wildman–Crippen MR) is 69.2 cm³/mol. The number of alkyl halides is 1. The zero-order valence-electron chi connectivity index (χ0n) is 8.37. The van der Waals surface area contributed by atoms with Gasteiger partial charge in [0.2, 0.25) is 0 Å². The number of hydrogen-bond donors (Lipinski definition) is 0. The average Bonchev–Trinajstić information content (AvgIpc) is 2.50. The summed E-state index contributed by atoms with van der Waals surface area (Å²) >= 11 is 6.66. The van der Waals surface area contributed by atoms with E-state index >= 15 is 0 Å². The van der Waals surface area contributed by atoms with Crippen molar-refractivity contribution in [1.82, 2.24) is 0 Å². The average molecular weight is 347 g/mol. The number of rotatable bonds is 3. The van der Waals surface area contributed by atoms with Crippen LogP contribution < -0.4 is 4.90 Å². The molecule has 0 saturated heterocycles. The second-order valence-corrected chi connectivity index (χ2v) is 5.20. The molecule has 1 aliphatic rings. The molecule has 0 N–H and O–H groups in total. The number of amides is 1. The molecule has 0 radical (unpaired) electrons. The molecule has 3 nitrogen and oxygen atoms in total. The summed E-state index contributed by atoms with van der Waals surface area (Å²) in [4.78, 5) is 24.9. The Morgan fingerprint density at radius 2 is 2.00 bits per heavy atom. The molecular formula is C11H9Br2NO2. The van der Waals surface area contributed by atoms with Crippen molar-refractivity contribution in [2.75, 3.05) is 16.8 Å². The largest absolute Gasteiger partial charge is 0.305 e. The lowest BCUT2D eigenvalue weighted by Crippen LogP contribution is -2.30. The van der Waals surface area contributed by atoms with E-state index in [9.17, 15) is 9.59 Å². The van der Waals surface area contributed by atoms with E-state index in [1.165, 1.54) is 0 Å². The molecule has 0 aliphatic carbocycles. The van der Waals surface area contributed by atoms with Crippen LogP contribution in [0.3, 0.4) is 0 Å². The summed E-state index contributed by atoms with van der Waals surface area (Å²) in [6, 6.07) is 5.28. The number of Topliss-reactive ketones (excluding diaryl/α,β-unsaturated/α-hetero) is 1. The lowest BCUT2D eigenvalue weighted by molar-refractivity contribution is -0.114. The molecule has 1 aromatic rings. The van der Waals surface area contributed by atoms with Gasteiger partial charge >= 0.3 is 0 Å². The monoisotopic (exact) mass is 345 g/mol. The summed E-state index contributed by atoms with van der Waals surface area (Å²) in [7, 11) is 0. The third-order valence-corrected chi connectivity index (χ3v) is 3.50. The fourth-order valence-electron chi connectivity index (χ4n) is 1.71.